The highest BCUT2D eigenvalue weighted by molar-refractivity contribution is 7.89. The first-order valence-corrected chi connectivity index (χ1v) is 11.1. The molecule has 1 aliphatic rings. The van der Waals surface area contributed by atoms with Gasteiger partial charge in [0.05, 0.1) is 4.90 Å². The number of ether oxygens (including phenoxy) is 1. The topological polar surface area (TPSA) is 75.7 Å². The second kappa shape index (κ2) is 9.24. The van der Waals surface area contributed by atoms with Crippen LogP contribution in [0, 0.1) is 6.92 Å². The van der Waals surface area contributed by atoms with E-state index in [1.807, 2.05) is 6.92 Å². The standard InChI is InChI=1S/C22H26N2O4S/c1-3-15-28-19-10-8-18(9-11-19)22(25)23-21-16-20(12-7-17(21)2)29(26,27)24-13-5-4-6-14-24/h3,7-12,16H,1,4-6,13-15H2,2H3,(H,23,25). The number of piperidine rings is 1. The Labute approximate surface area is 172 Å². The Balaban J connectivity index is 1.77. The minimum absolute atomic E-state index is 0.202. The first-order valence-electron chi connectivity index (χ1n) is 9.68. The third kappa shape index (κ3) is 5.05. The number of anilines is 1. The van der Waals surface area contributed by atoms with Gasteiger partial charge in [0.15, 0.2) is 0 Å². The third-order valence-electron chi connectivity index (χ3n) is 4.89. The van der Waals surface area contributed by atoms with Gasteiger partial charge in [-0.05, 0) is 61.7 Å². The average molecular weight is 415 g/mol. The van der Waals surface area contributed by atoms with Crippen LogP contribution in [-0.4, -0.2) is 38.3 Å². The van der Waals surface area contributed by atoms with Crippen molar-refractivity contribution in [3.05, 3.63) is 66.2 Å². The molecule has 7 heteroatoms. The van der Waals surface area contributed by atoms with Crippen LogP contribution in [0.1, 0.15) is 35.2 Å². The van der Waals surface area contributed by atoms with Crippen LogP contribution in [0.25, 0.3) is 0 Å². The lowest BCUT2D eigenvalue weighted by molar-refractivity contribution is 0.102. The number of nitrogens with zero attached hydrogens (tertiary/aromatic N) is 1. The zero-order chi connectivity index (χ0) is 20.9. The molecule has 2 aromatic carbocycles. The van der Waals surface area contributed by atoms with Crippen LogP contribution >= 0.6 is 0 Å². The molecule has 1 N–H and O–H groups in total. The first-order chi connectivity index (χ1) is 13.9. The molecular weight excluding hydrogens is 388 g/mol. The van der Waals surface area contributed by atoms with Crippen molar-refractivity contribution in [2.75, 3.05) is 25.0 Å². The van der Waals surface area contributed by atoms with E-state index < -0.39 is 10.0 Å². The fourth-order valence-corrected chi connectivity index (χ4v) is 4.75. The van der Waals surface area contributed by atoms with Gasteiger partial charge in [0.25, 0.3) is 5.91 Å². The van der Waals surface area contributed by atoms with Crippen molar-refractivity contribution >= 4 is 21.6 Å². The van der Waals surface area contributed by atoms with Crippen LogP contribution in [0.2, 0.25) is 0 Å². The maximum atomic E-state index is 12.9. The van der Waals surface area contributed by atoms with Gasteiger partial charge < -0.3 is 10.1 Å². The highest BCUT2D eigenvalue weighted by Gasteiger charge is 2.26. The average Bonchev–Trinajstić information content (AvgIpc) is 2.74. The summed E-state index contributed by atoms with van der Waals surface area (Å²) >= 11 is 0. The minimum Gasteiger partial charge on any atom is -0.490 e. The molecule has 0 unspecified atom stereocenters. The number of rotatable bonds is 7. The van der Waals surface area contributed by atoms with Crippen molar-refractivity contribution in [1.82, 2.24) is 4.31 Å². The molecule has 0 aromatic heterocycles. The Bertz CT molecular complexity index is 978. The number of carbonyl (C=O) groups is 1. The molecule has 1 saturated heterocycles. The molecular formula is C22H26N2O4S. The fourth-order valence-electron chi connectivity index (χ4n) is 3.20. The monoisotopic (exact) mass is 414 g/mol. The molecule has 2 aromatic rings. The summed E-state index contributed by atoms with van der Waals surface area (Å²) in [5.41, 5.74) is 1.74. The van der Waals surface area contributed by atoms with Crippen molar-refractivity contribution in [3.8, 4) is 5.75 Å². The highest BCUT2D eigenvalue weighted by Crippen LogP contribution is 2.25. The molecule has 6 nitrogen and oxygen atoms in total. The van der Waals surface area contributed by atoms with Gasteiger partial charge in [0.1, 0.15) is 12.4 Å². The summed E-state index contributed by atoms with van der Waals surface area (Å²) < 4.78 is 32.8. The van der Waals surface area contributed by atoms with Crippen LogP contribution in [0.5, 0.6) is 5.75 Å². The van der Waals surface area contributed by atoms with Crippen LogP contribution in [-0.2, 0) is 10.0 Å². The van der Waals surface area contributed by atoms with Crippen molar-refractivity contribution in [1.29, 1.82) is 0 Å². The number of carbonyl (C=O) groups excluding carboxylic acids is 1. The summed E-state index contributed by atoms with van der Waals surface area (Å²) in [5, 5.41) is 2.83. The van der Waals surface area contributed by atoms with Crippen molar-refractivity contribution in [3.63, 3.8) is 0 Å². The van der Waals surface area contributed by atoms with Gasteiger partial charge in [0.2, 0.25) is 10.0 Å². The van der Waals surface area contributed by atoms with Crippen LogP contribution in [0.3, 0.4) is 0 Å². The van der Waals surface area contributed by atoms with E-state index in [4.69, 9.17) is 4.74 Å². The lowest BCUT2D eigenvalue weighted by Crippen LogP contribution is -2.35. The lowest BCUT2D eigenvalue weighted by Gasteiger charge is -2.26. The second-order valence-corrected chi connectivity index (χ2v) is 8.96. The van der Waals surface area contributed by atoms with Gasteiger partial charge in [-0.2, -0.15) is 4.31 Å². The van der Waals surface area contributed by atoms with Gasteiger partial charge in [-0.15, -0.1) is 0 Å². The first kappa shape index (κ1) is 21.1. The van der Waals surface area contributed by atoms with Crippen LogP contribution in [0.15, 0.2) is 60.0 Å². The van der Waals surface area contributed by atoms with E-state index >= 15 is 0 Å². The molecule has 1 heterocycles. The van der Waals surface area contributed by atoms with Crippen molar-refractivity contribution in [2.24, 2.45) is 0 Å². The highest BCUT2D eigenvalue weighted by atomic mass is 32.2. The Morgan fingerprint density at radius 1 is 1.14 bits per heavy atom. The van der Waals surface area contributed by atoms with Crippen molar-refractivity contribution in [2.45, 2.75) is 31.1 Å². The summed E-state index contributed by atoms with van der Waals surface area (Å²) in [7, 11) is -3.56. The van der Waals surface area contributed by atoms with Gasteiger partial charge in [0, 0.05) is 24.3 Å². The molecule has 3 rings (SSSR count). The Morgan fingerprint density at radius 2 is 1.83 bits per heavy atom. The number of benzene rings is 2. The fraction of sp³-hybridized carbons (Fsp3) is 0.318. The van der Waals surface area contributed by atoms with Crippen LogP contribution < -0.4 is 10.1 Å². The van der Waals surface area contributed by atoms with Gasteiger partial charge in [-0.25, -0.2) is 8.42 Å². The molecule has 154 valence electrons. The summed E-state index contributed by atoms with van der Waals surface area (Å²) in [5.74, 6) is 0.336. The number of sulfonamides is 1. The zero-order valence-corrected chi connectivity index (χ0v) is 17.4. The maximum Gasteiger partial charge on any atom is 0.255 e. The molecule has 0 atom stereocenters. The molecule has 1 aliphatic heterocycles. The van der Waals surface area contributed by atoms with Crippen LogP contribution in [0.4, 0.5) is 5.69 Å². The Hall–Kier alpha value is -2.64. The third-order valence-corrected chi connectivity index (χ3v) is 6.79. The maximum absolute atomic E-state index is 12.9. The molecule has 0 spiro atoms. The van der Waals surface area contributed by atoms with E-state index in [2.05, 4.69) is 11.9 Å². The van der Waals surface area contributed by atoms with E-state index in [9.17, 15) is 13.2 Å². The van der Waals surface area contributed by atoms with E-state index in [-0.39, 0.29) is 10.8 Å². The number of nitrogens with one attached hydrogen (secondary N) is 1. The minimum atomic E-state index is -3.56. The van der Waals surface area contributed by atoms with Gasteiger partial charge >= 0.3 is 0 Å². The molecule has 0 bridgehead atoms. The normalized spacial score (nSPS) is 14.9. The molecule has 0 radical (unpaired) electrons. The van der Waals surface area contributed by atoms with Gasteiger partial charge in [-0.3, -0.25) is 4.79 Å². The number of hydrogen-bond acceptors (Lipinski definition) is 4. The molecule has 0 aliphatic carbocycles. The molecule has 0 saturated carbocycles. The quantitative estimate of drug-likeness (QED) is 0.695. The van der Waals surface area contributed by atoms with E-state index in [0.717, 1.165) is 24.8 Å². The summed E-state index contributed by atoms with van der Waals surface area (Å²) in [6.07, 6.45) is 4.45. The predicted octanol–water partition coefficient (Wildman–Crippen LogP) is 3.99. The molecule has 1 fully saturated rings. The summed E-state index contributed by atoms with van der Waals surface area (Å²) in [6.45, 7) is 6.90. The van der Waals surface area contributed by atoms with E-state index in [0.29, 0.717) is 36.7 Å². The number of amides is 1. The summed E-state index contributed by atoms with van der Waals surface area (Å²) in [6, 6.07) is 11.6. The molecule has 1 amide bonds. The summed E-state index contributed by atoms with van der Waals surface area (Å²) in [4.78, 5) is 12.8. The van der Waals surface area contributed by atoms with E-state index in [1.165, 1.54) is 4.31 Å². The Kier molecular flexibility index (Phi) is 6.71. The predicted molar refractivity (Wildman–Crippen MR) is 114 cm³/mol. The smallest absolute Gasteiger partial charge is 0.255 e. The second-order valence-electron chi connectivity index (χ2n) is 7.02. The van der Waals surface area contributed by atoms with E-state index in [1.54, 1.807) is 48.5 Å². The zero-order valence-electron chi connectivity index (χ0n) is 16.6. The van der Waals surface area contributed by atoms with Gasteiger partial charge in [-0.1, -0.05) is 25.1 Å². The van der Waals surface area contributed by atoms with Crippen molar-refractivity contribution < 1.29 is 17.9 Å². The Morgan fingerprint density at radius 3 is 2.48 bits per heavy atom. The molecule has 29 heavy (non-hydrogen) atoms. The SMILES string of the molecule is C=CCOc1ccc(C(=O)Nc2cc(S(=O)(=O)N3CCCCC3)ccc2C)cc1. The lowest BCUT2D eigenvalue weighted by atomic mass is 10.1. The number of aryl methyl sites for hydroxylation is 1. The number of hydrogen-bond donors (Lipinski definition) is 1. The largest absolute Gasteiger partial charge is 0.490 e.